The number of hydrogen-bond donors (Lipinski definition) is 0. The maximum Gasteiger partial charge on any atom is 0.494 e. The van der Waals surface area contributed by atoms with E-state index in [9.17, 15) is 0 Å². The van der Waals surface area contributed by atoms with Gasteiger partial charge in [-0.3, -0.25) is 0 Å². The van der Waals surface area contributed by atoms with Crippen molar-refractivity contribution in [2.45, 2.75) is 43.4 Å². The van der Waals surface area contributed by atoms with Crippen LogP contribution in [0.1, 0.15) is 33.1 Å². The number of hydrogen-bond acceptors (Lipinski definition) is 4. The second-order valence-electron chi connectivity index (χ2n) is 3.92. The maximum atomic E-state index is 5.80. The van der Waals surface area contributed by atoms with Gasteiger partial charge in [-0.25, -0.2) is 0 Å². The third-order valence-corrected chi connectivity index (χ3v) is 5.68. The summed E-state index contributed by atoms with van der Waals surface area (Å²) < 4.78 is 22.0. The Balaban J connectivity index is 0.00000256. The van der Waals surface area contributed by atoms with Gasteiger partial charge in [-0.2, -0.15) is 0 Å². The molecule has 0 aliphatic carbocycles. The zero-order chi connectivity index (χ0) is 11.6. The van der Waals surface area contributed by atoms with Gasteiger partial charge in [0.2, 0.25) is 0 Å². The zero-order valence-corrected chi connectivity index (χ0v) is 14.6. The van der Waals surface area contributed by atoms with E-state index < -0.39 is 14.5 Å². The summed E-state index contributed by atoms with van der Waals surface area (Å²) in [6, 6.07) is 0. The second-order valence-corrected chi connectivity index (χ2v) is 6.65. The van der Waals surface area contributed by atoms with Gasteiger partial charge >= 0.3 is 14.5 Å². The van der Waals surface area contributed by atoms with E-state index >= 15 is 0 Å². The first kappa shape index (κ1) is 18.4. The van der Waals surface area contributed by atoms with Crippen LogP contribution in [0.3, 0.4) is 0 Å². The molecule has 1 fully saturated rings. The van der Waals surface area contributed by atoms with Crippen LogP contribution in [0.4, 0.5) is 0 Å². The summed E-state index contributed by atoms with van der Waals surface area (Å²) in [6.45, 7) is 6.22. The predicted octanol–water partition coefficient (Wildman–Crippen LogP) is 1.71. The monoisotopic (exact) mass is 269 g/mol. The Morgan fingerprint density at radius 2 is 1.76 bits per heavy atom. The van der Waals surface area contributed by atoms with Crippen LogP contribution < -0.4 is 0 Å². The molecule has 6 heteroatoms. The Labute approximate surface area is 131 Å². The third kappa shape index (κ3) is 8.20. The van der Waals surface area contributed by atoms with Crippen LogP contribution in [0, 0.1) is 0 Å². The molecule has 0 bridgehead atoms. The quantitative estimate of drug-likeness (QED) is 0.382. The molecule has 0 saturated carbocycles. The molecule has 1 rings (SSSR count). The molecule has 1 radical (unpaired) electrons. The van der Waals surface area contributed by atoms with Gasteiger partial charge < -0.3 is 18.0 Å². The summed E-state index contributed by atoms with van der Waals surface area (Å²) in [5.74, 6) is 0. The van der Waals surface area contributed by atoms with Crippen LogP contribution in [-0.4, -0.2) is 75.8 Å². The van der Waals surface area contributed by atoms with Crippen LogP contribution in [0.25, 0.3) is 0 Å². The fraction of sp³-hybridized carbons (Fsp3) is 1.00. The molecule has 1 aliphatic rings. The smallest absolute Gasteiger partial charge is 0.479 e. The van der Waals surface area contributed by atoms with Gasteiger partial charge in [-0.05, 0) is 20.3 Å². The molecule has 17 heavy (non-hydrogen) atoms. The summed E-state index contributed by atoms with van der Waals surface area (Å²) in [5.41, 5.74) is 0. The van der Waals surface area contributed by atoms with Crippen LogP contribution in [0.15, 0.2) is 0 Å². The molecule has 0 aromatic rings. The minimum absolute atomic E-state index is 0. The van der Waals surface area contributed by atoms with Gasteiger partial charge in [0.1, 0.15) is 13.6 Å². The predicted molar refractivity (Wildman–Crippen MR) is 69.1 cm³/mol. The third-order valence-electron chi connectivity index (χ3n) is 2.78. The van der Waals surface area contributed by atoms with E-state index in [1.807, 2.05) is 13.8 Å². The van der Waals surface area contributed by atoms with Crippen molar-refractivity contribution in [2.24, 2.45) is 0 Å². The van der Waals surface area contributed by atoms with Gasteiger partial charge in [-0.1, -0.05) is 18.1 Å². The van der Waals surface area contributed by atoms with E-state index in [0.29, 0.717) is 31.8 Å². The first-order valence-corrected chi connectivity index (χ1v) is 8.22. The summed E-state index contributed by atoms with van der Waals surface area (Å²) in [7, 11) is 0. The Kier molecular flexibility index (Phi) is 13.4. The Hall–Kier alpha value is 1.37. The summed E-state index contributed by atoms with van der Waals surface area (Å²) in [6.07, 6.45) is 3.64. The minimum Gasteiger partial charge on any atom is -0.479 e. The molecular formula is C11H23AlNaO4. The van der Waals surface area contributed by atoms with Crippen LogP contribution >= 0.6 is 0 Å². The molecule has 1 unspecified atom stereocenters. The van der Waals surface area contributed by atoms with E-state index in [1.165, 1.54) is 18.1 Å². The molecule has 1 atom stereocenters. The Morgan fingerprint density at radius 3 is 2.47 bits per heavy atom. The van der Waals surface area contributed by atoms with Crippen molar-refractivity contribution in [1.82, 2.24) is 0 Å². The SMILES string of the molecule is CCOCO[CH]1CCC[CH2][Al]1[O]COCC.[Na]. The fourth-order valence-electron chi connectivity index (χ4n) is 1.88. The topological polar surface area (TPSA) is 36.9 Å². The van der Waals surface area contributed by atoms with E-state index in [1.54, 1.807) is 0 Å². The molecule has 1 aliphatic heterocycles. The van der Waals surface area contributed by atoms with Crippen molar-refractivity contribution in [1.29, 1.82) is 0 Å². The first-order chi connectivity index (χ1) is 7.88. The van der Waals surface area contributed by atoms with Crippen LogP contribution in [0.2, 0.25) is 5.28 Å². The van der Waals surface area contributed by atoms with Crippen molar-refractivity contribution < 1.29 is 18.0 Å². The van der Waals surface area contributed by atoms with Gasteiger partial charge in [-0.15, -0.1) is 0 Å². The molecule has 0 aromatic heterocycles. The van der Waals surface area contributed by atoms with E-state index in [4.69, 9.17) is 18.0 Å². The average molecular weight is 269 g/mol. The minimum atomic E-state index is -1.24. The summed E-state index contributed by atoms with van der Waals surface area (Å²) in [4.78, 5) is 0.306. The van der Waals surface area contributed by atoms with E-state index in [-0.39, 0.29) is 29.6 Å². The van der Waals surface area contributed by atoms with Crippen molar-refractivity contribution in [3.8, 4) is 0 Å². The largest absolute Gasteiger partial charge is 0.494 e. The van der Waals surface area contributed by atoms with Gasteiger partial charge in [0.15, 0.2) is 0 Å². The Morgan fingerprint density at radius 1 is 1.06 bits per heavy atom. The van der Waals surface area contributed by atoms with Crippen LogP contribution in [0.5, 0.6) is 0 Å². The van der Waals surface area contributed by atoms with Crippen molar-refractivity contribution >= 4 is 44.0 Å². The van der Waals surface area contributed by atoms with Crippen molar-refractivity contribution in [3.05, 3.63) is 0 Å². The molecule has 4 nitrogen and oxygen atoms in total. The van der Waals surface area contributed by atoms with Gasteiger partial charge in [0, 0.05) is 47.7 Å². The second kappa shape index (κ2) is 12.4. The van der Waals surface area contributed by atoms with Crippen molar-refractivity contribution in [3.63, 3.8) is 0 Å². The Bertz CT molecular complexity index is 156. The standard InChI is InChI=1S/C8H16O2.C3H7O2.Al.Na/c1-3-5-6-7-10-8-9-4-2;1-2-5-3-4;;/h7H,1,3-6,8H2,2H3;2-3H2,1H3;;/q;-1;+1;. The molecule has 0 spiro atoms. The van der Waals surface area contributed by atoms with Gasteiger partial charge in [0.25, 0.3) is 0 Å². The molecule has 95 valence electrons. The van der Waals surface area contributed by atoms with Gasteiger partial charge in [0.05, 0.1) is 0 Å². The normalized spacial score (nSPS) is 20.1. The maximum absolute atomic E-state index is 5.80. The van der Waals surface area contributed by atoms with Crippen molar-refractivity contribution in [2.75, 3.05) is 26.8 Å². The van der Waals surface area contributed by atoms with E-state index in [2.05, 4.69) is 0 Å². The number of rotatable bonds is 8. The molecule has 0 aromatic carbocycles. The first-order valence-electron chi connectivity index (χ1n) is 6.27. The summed E-state index contributed by atoms with van der Waals surface area (Å²) in [5, 5.41) is 1.20. The average Bonchev–Trinajstić information content (AvgIpc) is 2.32. The zero-order valence-electron chi connectivity index (χ0n) is 11.4. The molecular weight excluding hydrogens is 246 g/mol. The fourth-order valence-corrected chi connectivity index (χ4v) is 4.50. The number of ether oxygens (including phenoxy) is 3. The van der Waals surface area contributed by atoms with E-state index in [0.717, 1.165) is 6.42 Å². The molecule has 0 N–H and O–H groups in total. The van der Waals surface area contributed by atoms with Crippen LogP contribution in [-0.2, 0) is 18.0 Å². The molecule has 1 heterocycles. The molecule has 0 amide bonds. The summed E-state index contributed by atoms with van der Waals surface area (Å²) >= 11 is -1.24. The molecule has 1 saturated heterocycles.